The van der Waals surface area contributed by atoms with Gasteiger partial charge in [-0.2, -0.15) is 0 Å². The summed E-state index contributed by atoms with van der Waals surface area (Å²) >= 11 is -0.236. The summed E-state index contributed by atoms with van der Waals surface area (Å²) in [5.74, 6) is -1.16. The van der Waals surface area contributed by atoms with Gasteiger partial charge in [0, 0.05) is 0 Å². The van der Waals surface area contributed by atoms with Crippen molar-refractivity contribution < 1.29 is 9.90 Å². The summed E-state index contributed by atoms with van der Waals surface area (Å²) in [5.41, 5.74) is 5.29. The van der Waals surface area contributed by atoms with E-state index in [4.69, 9.17) is 5.73 Å². The van der Waals surface area contributed by atoms with Gasteiger partial charge in [0.25, 0.3) is 0 Å². The average molecular weight is 266 g/mol. The molecule has 2 N–H and O–H groups in total. The number of carbonyl (C=O) groups excluding carboxylic acids is 1. The van der Waals surface area contributed by atoms with Crippen molar-refractivity contribution in [1.82, 2.24) is 0 Å². The number of hydrogen-bond acceptors (Lipinski definition) is 3. The topological polar surface area (TPSA) is 66.2 Å². The first-order valence-electron chi connectivity index (χ1n) is 3.19. The van der Waals surface area contributed by atoms with E-state index < -0.39 is 12.0 Å². The standard InChI is InChI=1S/C7H9NO2Te/c8-6(7(9)10)4-5-2-1-3-11-5/h1-3,6H,4,8H2,(H,9,10)/p-1/t6-/m0/s1. The number of aliphatic carboxylic acids is 1. The van der Waals surface area contributed by atoms with Gasteiger partial charge in [-0.05, 0) is 0 Å². The molecule has 0 aliphatic heterocycles. The van der Waals surface area contributed by atoms with Crippen LogP contribution in [0, 0.1) is 0 Å². The molecule has 0 spiro atoms. The van der Waals surface area contributed by atoms with E-state index in [1.807, 2.05) is 12.1 Å². The minimum atomic E-state index is -1.16. The SMILES string of the molecule is N[C@@H](Cc1ccc[te]1)C(=O)[O-]. The Morgan fingerprint density at radius 1 is 1.82 bits per heavy atom. The molecular formula is C7H8NO2Te-. The third kappa shape index (κ3) is 2.66. The van der Waals surface area contributed by atoms with Crippen LogP contribution in [0.2, 0.25) is 0 Å². The van der Waals surface area contributed by atoms with Crippen molar-refractivity contribution >= 4 is 26.4 Å². The van der Waals surface area contributed by atoms with Crippen LogP contribution in [0.15, 0.2) is 16.2 Å². The van der Waals surface area contributed by atoms with Crippen LogP contribution in [0.3, 0.4) is 0 Å². The van der Waals surface area contributed by atoms with E-state index in [9.17, 15) is 9.90 Å². The van der Waals surface area contributed by atoms with Crippen molar-refractivity contribution in [1.29, 1.82) is 0 Å². The zero-order chi connectivity index (χ0) is 8.27. The second-order valence-electron chi connectivity index (χ2n) is 2.21. The molecule has 0 saturated heterocycles. The molecule has 4 heteroatoms. The number of hydrogen-bond donors (Lipinski definition) is 1. The number of carbonyl (C=O) groups is 1. The summed E-state index contributed by atoms with van der Waals surface area (Å²) in [6, 6.07) is 3.08. The van der Waals surface area contributed by atoms with E-state index in [0.717, 1.165) is 0 Å². The van der Waals surface area contributed by atoms with E-state index in [2.05, 4.69) is 4.08 Å². The Kier molecular flexibility index (Phi) is 3.13. The van der Waals surface area contributed by atoms with Gasteiger partial charge in [-0.15, -0.1) is 0 Å². The molecule has 1 heterocycles. The fraction of sp³-hybridized carbons (Fsp3) is 0.286. The van der Waals surface area contributed by atoms with Crippen LogP contribution < -0.4 is 10.8 Å². The summed E-state index contributed by atoms with van der Waals surface area (Å²) in [5, 5.41) is 10.2. The van der Waals surface area contributed by atoms with Gasteiger partial charge >= 0.3 is 74.3 Å². The van der Waals surface area contributed by atoms with E-state index in [-0.39, 0.29) is 20.4 Å². The molecule has 3 nitrogen and oxygen atoms in total. The van der Waals surface area contributed by atoms with Crippen LogP contribution in [0.5, 0.6) is 0 Å². The molecule has 11 heavy (non-hydrogen) atoms. The van der Waals surface area contributed by atoms with Crippen LogP contribution >= 0.6 is 0 Å². The van der Waals surface area contributed by atoms with Crippen molar-refractivity contribution in [2.45, 2.75) is 12.5 Å². The molecule has 1 atom stereocenters. The molecule has 0 bridgehead atoms. The molecule has 0 amide bonds. The monoisotopic (exact) mass is 268 g/mol. The third-order valence-electron chi connectivity index (χ3n) is 1.30. The van der Waals surface area contributed by atoms with E-state index >= 15 is 0 Å². The zero-order valence-corrected chi connectivity index (χ0v) is 8.15. The molecular weight excluding hydrogens is 258 g/mol. The molecule has 0 aliphatic carbocycles. The molecule has 0 aliphatic rings. The van der Waals surface area contributed by atoms with Crippen LogP contribution in [0.1, 0.15) is 3.58 Å². The number of carboxylic acids is 1. The molecule has 1 rings (SSSR count). The van der Waals surface area contributed by atoms with Crippen LogP contribution in [0.25, 0.3) is 0 Å². The summed E-state index contributed by atoms with van der Waals surface area (Å²) in [4.78, 5) is 10.2. The van der Waals surface area contributed by atoms with Gasteiger partial charge in [0.2, 0.25) is 0 Å². The molecule has 60 valence electrons. The summed E-state index contributed by atoms with van der Waals surface area (Å²) < 4.78 is 3.29. The van der Waals surface area contributed by atoms with Gasteiger partial charge in [-0.1, -0.05) is 0 Å². The van der Waals surface area contributed by atoms with E-state index in [1.165, 1.54) is 3.58 Å². The molecule has 1 aromatic heterocycles. The van der Waals surface area contributed by atoms with E-state index in [0.29, 0.717) is 6.42 Å². The van der Waals surface area contributed by atoms with Gasteiger partial charge in [0.15, 0.2) is 0 Å². The van der Waals surface area contributed by atoms with E-state index in [1.54, 1.807) is 0 Å². The Balaban J connectivity index is 2.50. The van der Waals surface area contributed by atoms with Crippen molar-refractivity contribution in [2.24, 2.45) is 5.73 Å². The number of rotatable bonds is 3. The predicted molar refractivity (Wildman–Crippen MR) is 40.1 cm³/mol. The Bertz CT molecular complexity index is 233. The second-order valence-corrected chi connectivity index (χ2v) is 5.16. The van der Waals surface area contributed by atoms with Gasteiger partial charge in [0.1, 0.15) is 0 Å². The molecule has 0 radical (unpaired) electrons. The Hall–Kier alpha value is -0.300. The third-order valence-corrected chi connectivity index (χ3v) is 3.87. The summed E-state index contributed by atoms with van der Waals surface area (Å²) in [6.07, 6.45) is 0.456. The van der Waals surface area contributed by atoms with Crippen molar-refractivity contribution in [3.8, 4) is 0 Å². The van der Waals surface area contributed by atoms with Crippen molar-refractivity contribution in [3.05, 3.63) is 19.8 Å². The second kappa shape index (κ2) is 3.91. The zero-order valence-electron chi connectivity index (χ0n) is 5.82. The van der Waals surface area contributed by atoms with Crippen molar-refractivity contribution in [3.63, 3.8) is 0 Å². The molecule has 0 saturated carbocycles. The average Bonchev–Trinajstić information content (AvgIpc) is 2.39. The summed E-state index contributed by atoms with van der Waals surface area (Å²) in [6.45, 7) is 0. The minimum absolute atomic E-state index is 0.236. The fourth-order valence-corrected chi connectivity index (χ4v) is 2.91. The number of nitrogens with two attached hydrogens (primary N) is 1. The van der Waals surface area contributed by atoms with Gasteiger partial charge in [-0.3, -0.25) is 0 Å². The maximum absolute atomic E-state index is 10.2. The maximum atomic E-state index is 10.2. The van der Waals surface area contributed by atoms with Crippen LogP contribution in [-0.2, 0) is 11.2 Å². The Morgan fingerprint density at radius 3 is 3.00 bits per heavy atom. The quantitative estimate of drug-likeness (QED) is 0.667. The Labute approximate surface area is 74.4 Å². The van der Waals surface area contributed by atoms with Crippen LogP contribution in [-0.4, -0.2) is 32.4 Å². The van der Waals surface area contributed by atoms with Gasteiger partial charge in [-0.25, -0.2) is 0 Å². The van der Waals surface area contributed by atoms with Crippen molar-refractivity contribution in [2.75, 3.05) is 0 Å². The Morgan fingerprint density at radius 2 is 2.55 bits per heavy atom. The first kappa shape index (κ1) is 8.79. The molecule has 0 unspecified atom stereocenters. The first-order chi connectivity index (χ1) is 5.20. The van der Waals surface area contributed by atoms with Gasteiger partial charge < -0.3 is 0 Å². The summed E-state index contributed by atoms with van der Waals surface area (Å²) in [7, 11) is 0. The normalized spacial score (nSPS) is 12.8. The molecule has 0 aromatic carbocycles. The predicted octanol–water partition coefficient (Wildman–Crippen LogP) is -1.64. The molecule has 0 fully saturated rings. The van der Waals surface area contributed by atoms with Gasteiger partial charge in [0.05, 0.1) is 0 Å². The molecule has 1 aromatic rings. The number of carboxylic acid groups (broad SMARTS) is 1. The first-order valence-corrected chi connectivity index (χ1v) is 5.70. The van der Waals surface area contributed by atoms with Crippen LogP contribution in [0.4, 0.5) is 0 Å². The fourth-order valence-electron chi connectivity index (χ4n) is 0.729.